The second kappa shape index (κ2) is 13.3. The Balaban J connectivity index is 1.63. The molecule has 3 N–H and O–H groups in total. The van der Waals surface area contributed by atoms with Crippen molar-refractivity contribution in [3.05, 3.63) is 54.4 Å². The molecule has 45 heavy (non-hydrogen) atoms. The van der Waals surface area contributed by atoms with E-state index < -0.39 is 17.7 Å². The van der Waals surface area contributed by atoms with E-state index in [1.165, 1.54) is 11.1 Å². The quantitative estimate of drug-likeness (QED) is 0.165. The Morgan fingerprint density at radius 3 is 2.49 bits per heavy atom. The lowest BCUT2D eigenvalue weighted by molar-refractivity contribution is 0.0302. The van der Waals surface area contributed by atoms with E-state index in [4.69, 9.17) is 24.9 Å². The zero-order valence-corrected chi connectivity index (χ0v) is 27.5. The van der Waals surface area contributed by atoms with Crippen LogP contribution in [0, 0.1) is 0 Å². The summed E-state index contributed by atoms with van der Waals surface area (Å²) in [7, 11) is 7.08. The molecule has 0 unspecified atom stereocenters. The Bertz CT molecular complexity index is 1690. The number of para-hydroxylation sites is 1. The van der Waals surface area contributed by atoms with E-state index in [1.807, 2.05) is 80.9 Å². The number of fused-ring (bicyclic) bond motifs is 1. The Labute approximate surface area is 264 Å². The first-order chi connectivity index (χ1) is 21.2. The second-order valence-electron chi connectivity index (χ2n) is 12.1. The van der Waals surface area contributed by atoms with E-state index in [1.54, 1.807) is 34.1 Å². The molecule has 0 saturated heterocycles. The van der Waals surface area contributed by atoms with Gasteiger partial charge in [-0.25, -0.2) is 19.6 Å². The summed E-state index contributed by atoms with van der Waals surface area (Å²) in [6.45, 7) is 10.0. The third-order valence-corrected chi connectivity index (χ3v) is 6.99. The summed E-state index contributed by atoms with van der Waals surface area (Å²) in [6.07, 6.45) is 2.70. The Hall–Kier alpha value is -5.00. The molecular weight excluding hydrogens is 574 g/mol. The average Bonchev–Trinajstić information content (AvgIpc) is 3.30. The van der Waals surface area contributed by atoms with Gasteiger partial charge in [0.25, 0.3) is 0 Å². The van der Waals surface area contributed by atoms with Crippen LogP contribution in [0.25, 0.3) is 22.2 Å². The predicted octanol–water partition coefficient (Wildman–Crippen LogP) is 5.84. The molecule has 4 aromatic rings. The fourth-order valence-electron chi connectivity index (χ4n) is 4.76. The number of aryl methyl sites for hydroxylation is 1. The van der Waals surface area contributed by atoms with Crippen LogP contribution in [0.2, 0.25) is 0 Å². The number of nitrogens with two attached hydrogens (primary N) is 1. The highest BCUT2D eigenvalue weighted by Crippen LogP contribution is 2.37. The van der Waals surface area contributed by atoms with Gasteiger partial charge in [0.2, 0.25) is 5.95 Å². The van der Waals surface area contributed by atoms with Gasteiger partial charge in [0.05, 0.1) is 36.0 Å². The molecule has 2 aromatic carbocycles. The topological polar surface area (TPSA) is 137 Å². The number of hydrogen-bond donors (Lipinski definition) is 2. The largest absolute Gasteiger partial charge is 0.494 e. The standard InChI is InChI=1S/C33H43N7O5/c1-20(2)44-30(41)22-18-35-31(37-29(22)23-19-40(8)26-13-11-10-12-21(23)26)36-25-16-24(34)27(17-28(25)43-9)38(6)14-15-39(7)32(42)45-33(3,4)5/h10-13,16-20H,14-15,34H2,1-9H3,(H,35,36,37). The summed E-state index contributed by atoms with van der Waals surface area (Å²) in [4.78, 5) is 38.2. The molecule has 1 amide bonds. The lowest BCUT2D eigenvalue weighted by Gasteiger charge is -2.28. The van der Waals surface area contributed by atoms with Gasteiger partial charge in [0.15, 0.2) is 0 Å². The summed E-state index contributed by atoms with van der Waals surface area (Å²) in [6, 6.07) is 11.5. The van der Waals surface area contributed by atoms with Crippen molar-refractivity contribution in [2.75, 3.05) is 50.2 Å². The zero-order chi connectivity index (χ0) is 33.1. The SMILES string of the molecule is COc1cc(N(C)CCN(C)C(=O)OC(C)(C)C)c(N)cc1Nc1ncc(C(=O)OC(C)C)c(-c2cn(C)c3ccccc23)n1. The third kappa shape index (κ3) is 7.75. The summed E-state index contributed by atoms with van der Waals surface area (Å²) >= 11 is 0. The molecule has 0 radical (unpaired) electrons. The first-order valence-corrected chi connectivity index (χ1v) is 14.7. The van der Waals surface area contributed by atoms with Gasteiger partial charge in [-0.3, -0.25) is 0 Å². The molecule has 0 atom stereocenters. The summed E-state index contributed by atoms with van der Waals surface area (Å²) in [5.41, 5.74) is 10.1. The van der Waals surface area contributed by atoms with Crippen molar-refractivity contribution in [2.24, 2.45) is 7.05 Å². The van der Waals surface area contributed by atoms with Crippen molar-refractivity contribution in [3.8, 4) is 17.0 Å². The Morgan fingerprint density at radius 1 is 1.11 bits per heavy atom. The molecule has 4 rings (SSSR count). The minimum absolute atomic E-state index is 0.247. The molecule has 12 heteroatoms. The normalized spacial score (nSPS) is 11.4. The minimum atomic E-state index is -0.574. The number of amides is 1. The number of hydrogen-bond acceptors (Lipinski definition) is 10. The van der Waals surface area contributed by atoms with Gasteiger partial charge < -0.3 is 39.6 Å². The van der Waals surface area contributed by atoms with E-state index in [9.17, 15) is 9.59 Å². The summed E-state index contributed by atoms with van der Waals surface area (Å²) < 4.78 is 18.6. The molecule has 2 heterocycles. The molecule has 0 spiro atoms. The molecular formula is C33H43N7O5. The van der Waals surface area contributed by atoms with Crippen LogP contribution in [0.1, 0.15) is 45.0 Å². The second-order valence-corrected chi connectivity index (χ2v) is 12.1. The summed E-state index contributed by atoms with van der Waals surface area (Å²) in [5, 5.41) is 4.15. The minimum Gasteiger partial charge on any atom is -0.494 e. The first-order valence-electron chi connectivity index (χ1n) is 14.7. The smallest absolute Gasteiger partial charge is 0.410 e. The van der Waals surface area contributed by atoms with Crippen molar-refractivity contribution < 1.29 is 23.8 Å². The maximum Gasteiger partial charge on any atom is 0.410 e. The monoisotopic (exact) mass is 617 g/mol. The van der Waals surface area contributed by atoms with E-state index >= 15 is 0 Å². The third-order valence-electron chi connectivity index (χ3n) is 6.99. The average molecular weight is 618 g/mol. The number of benzene rings is 2. The number of carbonyl (C=O) groups is 2. The van der Waals surface area contributed by atoms with Crippen LogP contribution >= 0.6 is 0 Å². The van der Waals surface area contributed by atoms with Gasteiger partial charge in [-0.1, -0.05) is 18.2 Å². The fraction of sp³-hybridized carbons (Fsp3) is 0.394. The van der Waals surface area contributed by atoms with Gasteiger partial charge in [0, 0.05) is 69.2 Å². The number of anilines is 4. The van der Waals surface area contributed by atoms with Crippen LogP contribution in [-0.2, 0) is 16.5 Å². The Morgan fingerprint density at radius 2 is 1.82 bits per heavy atom. The van der Waals surface area contributed by atoms with Crippen LogP contribution in [0.4, 0.5) is 27.8 Å². The molecule has 240 valence electrons. The number of likely N-dealkylation sites (N-methyl/N-ethyl adjacent to an activating group) is 2. The number of rotatable bonds is 10. The van der Waals surface area contributed by atoms with Crippen molar-refractivity contribution >= 4 is 46.0 Å². The van der Waals surface area contributed by atoms with Crippen LogP contribution in [0.3, 0.4) is 0 Å². The summed E-state index contributed by atoms with van der Waals surface area (Å²) in [5.74, 6) is 0.244. The van der Waals surface area contributed by atoms with E-state index in [0.29, 0.717) is 35.9 Å². The Kier molecular flexibility index (Phi) is 9.75. The lowest BCUT2D eigenvalue weighted by Crippen LogP contribution is -2.38. The molecule has 0 bridgehead atoms. The number of methoxy groups -OCH3 is 1. The van der Waals surface area contributed by atoms with E-state index in [2.05, 4.69) is 10.3 Å². The van der Waals surface area contributed by atoms with Gasteiger partial charge in [-0.15, -0.1) is 0 Å². The lowest BCUT2D eigenvalue weighted by atomic mass is 10.1. The number of nitrogen functional groups attached to an aromatic ring is 1. The maximum absolute atomic E-state index is 13.1. The van der Waals surface area contributed by atoms with E-state index in [0.717, 1.165) is 22.2 Å². The number of aromatic nitrogens is 3. The molecule has 12 nitrogen and oxygen atoms in total. The van der Waals surface area contributed by atoms with Crippen LogP contribution in [0.5, 0.6) is 5.75 Å². The number of nitrogens with zero attached hydrogens (tertiary/aromatic N) is 5. The molecule has 0 saturated carbocycles. The van der Waals surface area contributed by atoms with Crippen molar-refractivity contribution in [1.82, 2.24) is 19.4 Å². The molecule has 0 fully saturated rings. The molecule has 0 aliphatic heterocycles. The fourth-order valence-corrected chi connectivity index (χ4v) is 4.76. The number of esters is 1. The first kappa shape index (κ1) is 32.9. The highest BCUT2D eigenvalue weighted by Gasteiger charge is 2.23. The predicted molar refractivity (Wildman–Crippen MR) is 177 cm³/mol. The number of nitrogens with one attached hydrogen (secondary N) is 1. The molecule has 0 aliphatic carbocycles. The van der Waals surface area contributed by atoms with Crippen LogP contribution < -0.4 is 20.7 Å². The van der Waals surface area contributed by atoms with E-state index in [-0.39, 0.29) is 17.6 Å². The highest BCUT2D eigenvalue weighted by atomic mass is 16.6. The van der Waals surface area contributed by atoms with Crippen molar-refractivity contribution in [3.63, 3.8) is 0 Å². The van der Waals surface area contributed by atoms with Gasteiger partial charge in [0.1, 0.15) is 16.9 Å². The van der Waals surface area contributed by atoms with Crippen LogP contribution in [0.15, 0.2) is 48.8 Å². The van der Waals surface area contributed by atoms with Gasteiger partial charge in [-0.05, 0) is 46.8 Å². The number of carbonyl (C=O) groups excluding carboxylic acids is 2. The highest BCUT2D eigenvalue weighted by molar-refractivity contribution is 6.03. The van der Waals surface area contributed by atoms with Gasteiger partial charge >= 0.3 is 12.1 Å². The maximum atomic E-state index is 13.1. The molecule has 0 aliphatic rings. The zero-order valence-electron chi connectivity index (χ0n) is 27.5. The van der Waals surface area contributed by atoms with Crippen molar-refractivity contribution in [1.29, 1.82) is 0 Å². The van der Waals surface area contributed by atoms with Crippen molar-refractivity contribution in [2.45, 2.75) is 46.3 Å². The van der Waals surface area contributed by atoms with Gasteiger partial charge in [-0.2, -0.15) is 0 Å². The number of ether oxygens (including phenoxy) is 3. The van der Waals surface area contributed by atoms with Crippen LogP contribution in [-0.4, -0.2) is 77.5 Å². The molecule has 2 aromatic heterocycles.